The van der Waals surface area contributed by atoms with Crippen molar-refractivity contribution in [2.24, 2.45) is 0 Å². The van der Waals surface area contributed by atoms with Gasteiger partial charge >= 0.3 is 0 Å². The lowest BCUT2D eigenvalue weighted by Gasteiger charge is -1.93. The Hall–Kier alpha value is -1.63. The van der Waals surface area contributed by atoms with Gasteiger partial charge in [0.25, 0.3) is 0 Å². The summed E-state index contributed by atoms with van der Waals surface area (Å²) in [6.45, 7) is 2.00. The van der Waals surface area contributed by atoms with Gasteiger partial charge in [0, 0.05) is 6.42 Å². The molecular formula is C15H18O. The van der Waals surface area contributed by atoms with Gasteiger partial charge in [-0.1, -0.05) is 54.1 Å². The first-order chi connectivity index (χ1) is 7.83. The normalized spacial score (nSPS) is 11.9. The molecule has 0 spiro atoms. The molecule has 0 aliphatic carbocycles. The van der Waals surface area contributed by atoms with Gasteiger partial charge in [-0.05, 0) is 25.3 Å². The Labute approximate surface area is 97.5 Å². The van der Waals surface area contributed by atoms with Crippen LogP contribution in [0.5, 0.6) is 0 Å². The summed E-state index contributed by atoms with van der Waals surface area (Å²) in [6, 6.07) is 10.3. The van der Waals surface area contributed by atoms with Gasteiger partial charge in [0.2, 0.25) is 0 Å². The van der Waals surface area contributed by atoms with Crippen LogP contribution in [-0.4, -0.2) is 6.29 Å². The van der Waals surface area contributed by atoms with E-state index in [-0.39, 0.29) is 0 Å². The Kier molecular flexibility index (Phi) is 5.94. The molecule has 16 heavy (non-hydrogen) atoms. The van der Waals surface area contributed by atoms with Gasteiger partial charge in [-0.2, -0.15) is 0 Å². The highest BCUT2D eigenvalue weighted by Crippen LogP contribution is 2.05. The van der Waals surface area contributed by atoms with Crippen molar-refractivity contribution >= 4 is 12.4 Å². The van der Waals surface area contributed by atoms with Crippen LogP contribution in [0.3, 0.4) is 0 Å². The Balaban J connectivity index is 2.28. The maximum atomic E-state index is 10.2. The second kappa shape index (κ2) is 7.63. The number of unbranched alkanes of at least 4 members (excludes halogenated alkanes) is 1. The Morgan fingerprint density at radius 2 is 1.94 bits per heavy atom. The predicted molar refractivity (Wildman–Crippen MR) is 69.1 cm³/mol. The molecule has 1 aromatic carbocycles. The van der Waals surface area contributed by atoms with Crippen LogP contribution >= 0.6 is 0 Å². The van der Waals surface area contributed by atoms with E-state index in [9.17, 15) is 4.79 Å². The number of aldehydes is 1. The van der Waals surface area contributed by atoms with Crippen molar-refractivity contribution < 1.29 is 4.79 Å². The highest BCUT2D eigenvalue weighted by atomic mass is 16.1. The van der Waals surface area contributed by atoms with E-state index in [4.69, 9.17) is 0 Å². The van der Waals surface area contributed by atoms with Crippen molar-refractivity contribution in [1.82, 2.24) is 0 Å². The third kappa shape index (κ3) is 5.30. The summed E-state index contributed by atoms with van der Waals surface area (Å²) in [7, 11) is 0. The summed E-state index contributed by atoms with van der Waals surface area (Å²) >= 11 is 0. The molecule has 0 fully saturated rings. The van der Waals surface area contributed by atoms with Crippen molar-refractivity contribution in [2.75, 3.05) is 0 Å². The number of allylic oxidation sites excluding steroid dienone is 3. The molecule has 0 heterocycles. The number of hydrogen-bond acceptors (Lipinski definition) is 1. The van der Waals surface area contributed by atoms with E-state index in [1.54, 1.807) is 0 Å². The minimum absolute atomic E-state index is 0.558. The standard InChI is InChI=1S/C15H18O/c1-14(12-13-16)8-4-2-5-9-15-10-6-3-7-11-15/h3,5-11,13H,2,4,12H2,1H3. The molecule has 1 aromatic rings. The van der Waals surface area contributed by atoms with Crippen LogP contribution in [-0.2, 0) is 4.79 Å². The van der Waals surface area contributed by atoms with Gasteiger partial charge in [-0.15, -0.1) is 0 Å². The maximum absolute atomic E-state index is 10.2. The van der Waals surface area contributed by atoms with E-state index in [0.717, 1.165) is 24.7 Å². The number of benzene rings is 1. The number of carbonyl (C=O) groups is 1. The third-order valence-corrected chi connectivity index (χ3v) is 2.34. The van der Waals surface area contributed by atoms with Crippen LogP contribution < -0.4 is 0 Å². The summed E-state index contributed by atoms with van der Waals surface area (Å²) in [5.41, 5.74) is 2.39. The maximum Gasteiger partial charge on any atom is 0.124 e. The molecule has 0 N–H and O–H groups in total. The zero-order valence-electron chi connectivity index (χ0n) is 9.73. The van der Waals surface area contributed by atoms with E-state index < -0.39 is 0 Å². The molecule has 0 amide bonds. The Morgan fingerprint density at radius 1 is 1.19 bits per heavy atom. The summed E-state index contributed by atoms with van der Waals surface area (Å²) in [5, 5.41) is 0. The SMILES string of the molecule is CC(=CCCC=Cc1ccccc1)CC=O. The van der Waals surface area contributed by atoms with Gasteiger partial charge in [0.05, 0.1) is 0 Å². The fourth-order valence-electron chi connectivity index (χ4n) is 1.42. The van der Waals surface area contributed by atoms with Crippen LogP contribution in [0.1, 0.15) is 31.7 Å². The van der Waals surface area contributed by atoms with Crippen LogP contribution in [0.15, 0.2) is 48.1 Å². The molecule has 1 nitrogen and oxygen atoms in total. The summed E-state index contributed by atoms with van der Waals surface area (Å²) in [6.07, 6.45) is 9.95. The smallest absolute Gasteiger partial charge is 0.124 e. The molecule has 0 saturated heterocycles. The third-order valence-electron chi connectivity index (χ3n) is 2.34. The number of carbonyl (C=O) groups excluding carboxylic acids is 1. The monoisotopic (exact) mass is 214 g/mol. The molecule has 1 rings (SSSR count). The van der Waals surface area contributed by atoms with Crippen LogP contribution in [0.25, 0.3) is 6.08 Å². The molecule has 0 aromatic heterocycles. The first kappa shape index (κ1) is 12.4. The van der Waals surface area contributed by atoms with Gasteiger partial charge in [0.1, 0.15) is 6.29 Å². The van der Waals surface area contributed by atoms with Crippen molar-refractivity contribution in [3.05, 3.63) is 53.6 Å². The van der Waals surface area contributed by atoms with Crippen molar-refractivity contribution in [3.8, 4) is 0 Å². The zero-order valence-corrected chi connectivity index (χ0v) is 9.73. The highest BCUT2D eigenvalue weighted by molar-refractivity contribution is 5.53. The number of hydrogen-bond donors (Lipinski definition) is 0. The Morgan fingerprint density at radius 3 is 2.62 bits per heavy atom. The van der Waals surface area contributed by atoms with Crippen LogP contribution in [0.4, 0.5) is 0 Å². The quantitative estimate of drug-likeness (QED) is 0.397. The van der Waals surface area contributed by atoms with E-state index >= 15 is 0 Å². The van der Waals surface area contributed by atoms with Gasteiger partial charge in [-0.25, -0.2) is 0 Å². The lowest BCUT2D eigenvalue weighted by atomic mass is 10.1. The van der Waals surface area contributed by atoms with E-state index in [2.05, 4.69) is 30.4 Å². The average Bonchev–Trinajstić information content (AvgIpc) is 2.30. The molecule has 84 valence electrons. The van der Waals surface area contributed by atoms with E-state index in [1.165, 1.54) is 5.56 Å². The lowest BCUT2D eigenvalue weighted by molar-refractivity contribution is -0.107. The van der Waals surface area contributed by atoms with Crippen LogP contribution in [0.2, 0.25) is 0 Å². The molecule has 0 saturated carbocycles. The average molecular weight is 214 g/mol. The first-order valence-corrected chi connectivity index (χ1v) is 5.64. The van der Waals surface area contributed by atoms with Crippen LogP contribution in [0, 0.1) is 0 Å². The second-order valence-electron chi connectivity index (χ2n) is 3.81. The van der Waals surface area contributed by atoms with Gasteiger partial charge in [-0.3, -0.25) is 0 Å². The molecule has 0 aliphatic rings. The van der Waals surface area contributed by atoms with Crippen molar-refractivity contribution in [3.63, 3.8) is 0 Å². The summed E-state index contributed by atoms with van der Waals surface area (Å²) < 4.78 is 0. The molecule has 0 unspecified atom stereocenters. The minimum Gasteiger partial charge on any atom is -0.303 e. The van der Waals surface area contributed by atoms with Crippen molar-refractivity contribution in [1.29, 1.82) is 0 Å². The molecule has 1 heteroatoms. The second-order valence-corrected chi connectivity index (χ2v) is 3.81. The minimum atomic E-state index is 0.558. The largest absolute Gasteiger partial charge is 0.303 e. The zero-order chi connectivity index (χ0) is 11.6. The molecule has 0 atom stereocenters. The topological polar surface area (TPSA) is 17.1 Å². The van der Waals surface area contributed by atoms with Gasteiger partial charge in [0.15, 0.2) is 0 Å². The predicted octanol–water partition coefficient (Wildman–Crippen LogP) is 4.02. The summed E-state index contributed by atoms with van der Waals surface area (Å²) in [4.78, 5) is 10.2. The molecule has 0 bridgehead atoms. The highest BCUT2D eigenvalue weighted by Gasteiger charge is 1.86. The summed E-state index contributed by atoms with van der Waals surface area (Å²) in [5.74, 6) is 0. The number of rotatable bonds is 6. The Bertz CT molecular complexity index is 360. The fourth-order valence-corrected chi connectivity index (χ4v) is 1.42. The fraction of sp³-hybridized carbons (Fsp3) is 0.267. The lowest BCUT2D eigenvalue weighted by Crippen LogP contribution is -1.78. The molecule has 0 radical (unpaired) electrons. The van der Waals surface area contributed by atoms with E-state index in [0.29, 0.717) is 6.42 Å². The van der Waals surface area contributed by atoms with Crippen molar-refractivity contribution in [2.45, 2.75) is 26.2 Å². The van der Waals surface area contributed by atoms with Gasteiger partial charge < -0.3 is 4.79 Å². The van der Waals surface area contributed by atoms with E-state index in [1.807, 2.05) is 25.1 Å². The molecular weight excluding hydrogens is 196 g/mol. The molecule has 0 aliphatic heterocycles. The first-order valence-electron chi connectivity index (χ1n) is 5.64.